The Morgan fingerprint density at radius 2 is 2.06 bits per heavy atom. The van der Waals surface area contributed by atoms with Gasteiger partial charge in [-0.25, -0.2) is 0 Å². The van der Waals surface area contributed by atoms with Crippen molar-refractivity contribution in [2.45, 2.75) is 51.6 Å². The fourth-order valence-electron chi connectivity index (χ4n) is 3.06. The molecule has 2 rings (SSSR count). The first-order valence-corrected chi connectivity index (χ1v) is 7.02. The van der Waals surface area contributed by atoms with E-state index in [9.17, 15) is 5.11 Å². The van der Waals surface area contributed by atoms with E-state index in [1.54, 1.807) is 0 Å². The van der Waals surface area contributed by atoms with Gasteiger partial charge in [0.15, 0.2) is 0 Å². The minimum Gasteiger partial charge on any atom is -0.394 e. The molecule has 0 bridgehead atoms. The van der Waals surface area contributed by atoms with E-state index < -0.39 is 0 Å². The third-order valence-electron chi connectivity index (χ3n) is 4.03. The maximum atomic E-state index is 9.58. The quantitative estimate of drug-likeness (QED) is 0.856. The van der Waals surface area contributed by atoms with Crippen molar-refractivity contribution in [1.29, 1.82) is 0 Å². The second-order valence-corrected chi connectivity index (χ2v) is 6.27. The lowest BCUT2D eigenvalue weighted by molar-refractivity contribution is 0.166. The van der Waals surface area contributed by atoms with Gasteiger partial charge < -0.3 is 10.4 Å². The van der Waals surface area contributed by atoms with Gasteiger partial charge in [0.2, 0.25) is 0 Å². The van der Waals surface area contributed by atoms with Gasteiger partial charge in [-0.15, -0.1) is 0 Å². The van der Waals surface area contributed by atoms with E-state index in [1.165, 1.54) is 31.2 Å². The molecule has 100 valence electrons. The van der Waals surface area contributed by atoms with Crippen LogP contribution >= 0.6 is 0 Å². The Morgan fingerprint density at radius 1 is 1.33 bits per heavy atom. The van der Waals surface area contributed by atoms with Crippen molar-refractivity contribution >= 4 is 0 Å². The number of benzene rings is 1. The molecule has 0 heterocycles. The van der Waals surface area contributed by atoms with E-state index in [4.69, 9.17) is 0 Å². The van der Waals surface area contributed by atoms with E-state index >= 15 is 0 Å². The molecule has 0 aromatic heterocycles. The molecule has 1 fully saturated rings. The van der Waals surface area contributed by atoms with Crippen LogP contribution in [0.15, 0.2) is 30.3 Å². The lowest BCUT2D eigenvalue weighted by Gasteiger charge is -2.37. The average molecular weight is 247 g/mol. The Bertz CT molecular complexity index is 361. The molecule has 0 spiro atoms. The smallest absolute Gasteiger partial charge is 0.0626 e. The molecule has 1 aliphatic rings. The highest BCUT2D eigenvalue weighted by atomic mass is 16.3. The molecule has 2 nitrogen and oxygen atoms in total. The van der Waals surface area contributed by atoms with Crippen molar-refractivity contribution < 1.29 is 5.11 Å². The van der Waals surface area contributed by atoms with E-state index in [0.29, 0.717) is 11.5 Å². The fraction of sp³-hybridized carbons (Fsp3) is 0.625. The first-order valence-electron chi connectivity index (χ1n) is 7.02. The zero-order chi connectivity index (χ0) is 13.0. The number of hydrogen-bond acceptors (Lipinski definition) is 2. The second kappa shape index (κ2) is 5.85. The first kappa shape index (κ1) is 13.6. The van der Waals surface area contributed by atoms with Gasteiger partial charge >= 0.3 is 0 Å². The summed E-state index contributed by atoms with van der Waals surface area (Å²) < 4.78 is 0. The summed E-state index contributed by atoms with van der Waals surface area (Å²) >= 11 is 0. The van der Waals surface area contributed by atoms with Crippen LogP contribution in [0.1, 0.15) is 51.1 Å². The summed E-state index contributed by atoms with van der Waals surface area (Å²) in [6.07, 6.45) is 5.04. The summed E-state index contributed by atoms with van der Waals surface area (Å²) in [5.41, 5.74) is 1.62. The monoisotopic (exact) mass is 247 g/mol. The van der Waals surface area contributed by atoms with E-state index in [1.807, 2.05) is 18.2 Å². The van der Waals surface area contributed by atoms with Crippen molar-refractivity contribution in [2.24, 2.45) is 5.41 Å². The molecule has 2 heteroatoms. The van der Waals surface area contributed by atoms with Gasteiger partial charge in [0, 0.05) is 6.04 Å². The normalized spacial score (nSPS) is 24.7. The zero-order valence-corrected chi connectivity index (χ0v) is 11.5. The molecule has 2 unspecified atom stereocenters. The van der Waals surface area contributed by atoms with Gasteiger partial charge in [-0.1, -0.05) is 50.6 Å². The third-order valence-corrected chi connectivity index (χ3v) is 4.03. The summed E-state index contributed by atoms with van der Waals surface area (Å²) in [6, 6.07) is 10.9. The van der Waals surface area contributed by atoms with E-state index in [2.05, 4.69) is 31.3 Å². The van der Waals surface area contributed by atoms with Crippen molar-refractivity contribution in [3.8, 4) is 0 Å². The topological polar surface area (TPSA) is 32.3 Å². The van der Waals surface area contributed by atoms with Gasteiger partial charge in [0.25, 0.3) is 0 Å². The van der Waals surface area contributed by atoms with Gasteiger partial charge in [0.05, 0.1) is 12.6 Å². The maximum absolute atomic E-state index is 9.58. The molecule has 1 aliphatic carbocycles. The Morgan fingerprint density at radius 3 is 2.67 bits per heavy atom. The van der Waals surface area contributed by atoms with Gasteiger partial charge in [-0.3, -0.25) is 0 Å². The summed E-state index contributed by atoms with van der Waals surface area (Å²) in [5.74, 6) is 0. The minimum absolute atomic E-state index is 0.0742. The molecule has 0 saturated heterocycles. The number of nitrogens with one attached hydrogen (secondary N) is 1. The number of aliphatic hydroxyl groups is 1. The molecule has 1 saturated carbocycles. The molecule has 0 aliphatic heterocycles. The highest BCUT2D eigenvalue weighted by Gasteiger charge is 2.29. The van der Waals surface area contributed by atoms with Crippen LogP contribution in [0.5, 0.6) is 0 Å². The molecule has 2 N–H and O–H groups in total. The zero-order valence-electron chi connectivity index (χ0n) is 11.5. The molecule has 1 aromatic rings. The Kier molecular flexibility index (Phi) is 4.41. The van der Waals surface area contributed by atoms with Crippen molar-refractivity contribution in [1.82, 2.24) is 5.32 Å². The van der Waals surface area contributed by atoms with Crippen LogP contribution in [0, 0.1) is 5.41 Å². The summed E-state index contributed by atoms with van der Waals surface area (Å²) in [6.45, 7) is 4.86. The minimum atomic E-state index is 0.0742. The largest absolute Gasteiger partial charge is 0.394 e. The number of aliphatic hydroxyl groups excluding tert-OH is 1. The predicted octanol–water partition coefficient (Wildman–Crippen LogP) is 3.28. The standard InChI is InChI=1S/C16H25NO/c1-16(2)10-6-9-14(11-16)17-15(12-18)13-7-4-3-5-8-13/h3-5,7-8,14-15,17-18H,6,9-12H2,1-2H3. The van der Waals surface area contributed by atoms with Gasteiger partial charge in [-0.2, -0.15) is 0 Å². The average Bonchev–Trinajstić information content (AvgIpc) is 2.36. The molecular formula is C16H25NO. The van der Waals surface area contributed by atoms with Crippen molar-refractivity contribution in [2.75, 3.05) is 6.61 Å². The molecule has 0 radical (unpaired) electrons. The summed E-state index contributed by atoms with van der Waals surface area (Å²) in [5, 5.41) is 13.2. The maximum Gasteiger partial charge on any atom is 0.0626 e. The lowest BCUT2D eigenvalue weighted by atomic mass is 9.75. The number of hydrogen-bond donors (Lipinski definition) is 2. The van der Waals surface area contributed by atoms with Gasteiger partial charge in [-0.05, 0) is 30.2 Å². The van der Waals surface area contributed by atoms with Crippen LogP contribution in [-0.2, 0) is 0 Å². The SMILES string of the molecule is CC1(C)CCCC(NC(CO)c2ccccc2)C1. The van der Waals surface area contributed by atoms with Crippen LogP contribution in [0.4, 0.5) is 0 Å². The highest BCUT2D eigenvalue weighted by molar-refractivity contribution is 5.19. The molecule has 0 amide bonds. The molecule has 18 heavy (non-hydrogen) atoms. The summed E-state index contributed by atoms with van der Waals surface area (Å²) in [4.78, 5) is 0. The predicted molar refractivity (Wildman–Crippen MR) is 75.4 cm³/mol. The molecular weight excluding hydrogens is 222 g/mol. The lowest BCUT2D eigenvalue weighted by Crippen LogP contribution is -2.40. The van der Waals surface area contributed by atoms with Crippen LogP contribution in [0.25, 0.3) is 0 Å². The second-order valence-electron chi connectivity index (χ2n) is 6.27. The number of rotatable bonds is 4. The third kappa shape index (κ3) is 3.56. The highest BCUT2D eigenvalue weighted by Crippen LogP contribution is 2.35. The molecule has 1 aromatic carbocycles. The molecule has 2 atom stereocenters. The Hall–Kier alpha value is -0.860. The fourth-order valence-corrected chi connectivity index (χ4v) is 3.06. The summed E-state index contributed by atoms with van der Waals surface area (Å²) in [7, 11) is 0. The van der Waals surface area contributed by atoms with Crippen molar-refractivity contribution in [3.05, 3.63) is 35.9 Å². The first-order chi connectivity index (χ1) is 8.61. The Labute approximate surface area is 110 Å². The van der Waals surface area contributed by atoms with Crippen LogP contribution < -0.4 is 5.32 Å². The van der Waals surface area contributed by atoms with E-state index in [-0.39, 0.29) is 12.6 Å². The van der Waals surface area contributed by atoms with Crippen LogP contribution in [0.3, 0.4) is 0 Å². The Balaban J connectivity index is 1.98. The van der Waals surface area contributed by atoms with Crippen molar-refractivity contribution in [3.63, 3.8) is 0 Å². The van der Waals surface area contributed by atoms with Crippen LogP contribution in [0.2, 0.25) is 0 Å². The van der Waals surface area contributed by atoms with E-state index in [0.717, 1.165) is 0 Å². The van der Waals surface area contributed by atoms with Gasteiger partial charge in [0.1, 0.15) is 0 Å². The van der Waals surface area contributed by atoms with Crippen LogP contribution in [-0.4, -0.2) is 17.8 Å².